The molecule has 0 heterocycles. The standard InChI is InChI=1S/C10H19NO4S/c1-2-7-16(14,15)11-10(8-9(12)13)5-3-4-6-10/h11H,2-8H2,1H3,(H,12,13). The monoisotopic (exact) mass is 249 g/mol. The van der Waals surface area contributed by atoms with Crippen molar-refractivity contribution in [2.24, 2.45) is 0 Å². The molecule has 0 aromatic carbocycles. The molecule has 0 atom stereocenters. The van der Waals surface area contributed by atoms with E-state index in [0.717, 1.165) is 12.8 Å². The fourth-order valence-corrected chi connectivity index (χ4v) is 3.88. The third-order valence-corrected chi connectivity index (χ3v) is 4.58. The molecule has 1 rings (SSSR count). The summed E-state index contributed by atoms with van der Waals surface area (Å²) in [6, 6.07) is 0. The zero-order chi connectivity index (χ0) is 12.2. The topological polar surface area (TPSA) is 83.5 Å². The van der Waals surface area contributed by atoms with E-state index in [9.17, 15) is 13.2 Å². The van der Waals surface area contributed by atoms with Crippen molar-refractivity contribution in [3.63, 3.8) is 0 Å². The maximum absolute atomic E-state index is 11.7. The van der Waals surface area contributed by atoms with Crippen LogP contribution in [0.15, 0.2) is 0 Å². The van der Waals surface area contributed by atoms with Crippen LogP contribution in [0.4, 0.5) is 0 Å². The highest BCUT2D eigenvalue weighted by Gasteiger charge is 2.39. The molecule has 0 bridgehead atoms. The van der Waals surface area contributed by atoms with Crippen molar-refractivity contribution in [1.29, 1.82) is 0 Å². The van der Waals surface area contributed by atoms with E-state index in [0.29, 0.717) is 19.3 Å². The lowest BCUT2D eigenvalue weighted by Gasteiger charge is -2.28. The van der Waals surface area contributed by atoms with Gasteiger partial charge in [0.05, 0.1) is 12.2 Å². The molecule has 0 unspecified atom stereocenters. The largest absolute Gasteiger partial charge is 0.481 e. The van der Waals surface area contributed by atoms with Crippen molar-refractivity contribution in [1.82, 2.24) is 4.72 Å². The average molecular weight is 249 g/mol. The predicted molar refractivity (Wildman–Crippen MR) is 60.7 cm³/mol. The fraction of sp³-hybridized carbons (Fsp3) is 0.900. The van der Waals surface area contributed by atoms with Gasteiger partial charge in [-0.05, 0) is 19.3 Å². The SMILES string of the molecule is CCCS(=O)(=O)NC1(CC(=O)O)CCCC1. The van der Waals surface area contributed by atoms with Crippen LogP contribution in [0, 0.1) is 0 Å². The Morgan fingerprint density at radius 2 is 1.94 bits per heavy atom. The van der Waals surface area contributed by atoms with Crippen molar-refractivity contribution in [3.05, 3.63) is 0 Å². The van der Waals surface area contributed by atoms with Gasteiger partial charge in [-0.2, -0.15) is 0 Å². The van der Waals surface area contributed by atoms with E-state index in [-0.39, 0.29) is 12.2 Å². The number of rotatable bonds is 6. The van der Waals surface area contributed by atoms with Gasteiger partial charge in [0.1, 0.15) is 0 Å². The lowest BCUT2D eigenvalue weighted by molar-refractivity contribution is -0.138. The molecule has 0 radical (unpaired) electrons. The van der Waals surface area contributed by atoms with Crippen LogP contribution in [0.3, 0.4) is 0 Å². The first-order valence-corrected chi connectivity index (χ1v) is 7.28. The smallest absolute Gasteiger partial charge is 0.305 e. The molecule has 0 aromatic heterocycles. The number of carbonyl (C=O) groups is 1. The van der Waals surface area contributed by atoms with E-state index in [4.69, 9.17) is 5.11 Å². The van der Waals surface area contributed by atoms with E-state index in [1.54, 1.807) is 6.92 Å². The lowest BCUT2D eigenvalue weighted by Crippen LogP contribution is -2.48. The summed E-state index contributed by atoms with van der Waals surface area (Å²) in [7, 11) is -3.33. The Morgan fingerprint density at radius 1 is 1.38 bits per heavy atom. The van der Waals surface area contributed by atoms with Crippen molar-refractivity contribution < 1.29 is 18.3 Å². The average Bonchev–Trinajstić information content (AvgIpc) is 2.49. The van der Waals surface area contributed by atoms with Gasteiger partial charge in [-0.1, -0.05) is 19.8 Å². The number of hydrogen-bond acceptors (Lipinski definition) is 3. The van der Waals surface area contributed by atoms with Crippen LogP contribution in [0.1, 0.15) is 45.4 Å². The van der Waals surface area contributed by atoms with Crippen molar-refractivity contribution in [2.75, 3.05) is 5.75 Å². The van der Waals surface area contributed by atoms with E-state index in [1.165, 1.54) is 0 Å². The number of carboxylic acid groups (broad SMARTS) is 1. The molecule has 5 nitrogen and oxygen atoms in total. The molecule has 0 saturated heterocycles. The van der Waals surface area contributed by atoms with Crippen LogP contribution in [0.25, 0.3) is 0 Å². The maximum Gasteiger partial charge on any atom is 0.305 e. The summed E-state index contributed by atoms with van der Waals surface area (Å²) in [6.45, 7) is 1.79. The summed E-state index contributed by atoms with van der Waals surface area (Å²) in [5, 5.41) is 8.83. The molecule has 0 aromatic rings. The van der Waals surface area contributed by atoms with Gasteiger partial charge in [-0.25, -0.2) is 13.1 Å². The van der Waals surface area contributed by atoms with Gasteiger partial charge in [0, 0.05) is 5.54 Å². The third kappa shape index (κ3) is 3.75. The minimum absolute atomic E-state index is 0.0639. The third-order valence-electron chi connectivity index (χ3n) is 2.90. The van der Waals surface area contributed by atoms with Crippen LogP contribution in [-0.2, 0) is 14.8 Å². The molecule has 1 aliphatic rings. The second kappa shape index (κ2) is 5.14. The summed E-state index contributed by atoms with van der Waals surface area (Å²) in [4.78, 5) is 10.8. The molecule has 0 spiro atoms. The van der Waals surface area contributed by atoms with Crippen molar-refractivity contribution in [2.45, 2.75) is 51.0 Å². The first-order chi connectivity index (χ1) is 7.39. The van der Waals surface area contributed by atoms with E-state index in [2.05, 4.69) is 4.72 Å². The van der Waals surface area contributed by atoms with Crippen LogP contribution >= 0.6 is 0 Å². The summed E-state index contributed by atoms with van der Waals surface area (Å²) in [6.07, 6.45) is 3.46. The number of nitrogens with one attached hydrogen (secondary N) is 1. The van der Waals surface area contributed by atoms with Crippen LogP contribution in [0.5, 0.6) is 0 Å². The number of hydrogen-bond donors (Lipinski definition) is 2. The highest BCUT2D eigenvalue weighted by Crippen LogP contribution is 2.33. The summed E-state index contributed by atoms with van der Waals surface area (Å²) < 4.78 is 25.9. The fourth-order valence-electron chi connectivity index (χ4n) is 2.31. The Morgan fingerprint density at radius 3 is 2.38 bits per heavy atom. The Hall–Kier alpha value is -0.620. The van der Waals surface area contributed by atoms with Gasteiger partial charge >= 0.3 is 5.97 Å². The predicted octanol–water partition coefficient (Wildman–Crippen LogP) is 1.10. The number of sulfonamides is 1. The van der Waals surface area contributed by atoms with Gasteiger partial charge in [-0.15, -0.1) is 0 Å². The second-order valence-corrected chi connectivity index (χ2v) is 6.32. The Labute approximate surface area is 96.3 Å². The molecule has 0 aliphatic heterocycles. The highest BCUT2D eigenvalue weighted by molar-refractivity contribution is 7.89. The number of aliphatic carboxylic acids is 1. The Balaban J connectivity index is 2.75. The minimum atomic E-state index is -3.33. The molecule has 16 heavy (non-hydrogen) atoms. The van der Waals surface area contributed by atoms with E-state index < -0.39 is 21.5 Å². The molecular formula is C10H19NO4S. The summed E-state index contributed by atoms with van der Waals surface area (Å²) in [5.41, 5.74) is -0.736. The maximum atomic E-state index is 11.7. The zero-order valence-corrected chi connectivity index (χ0v) is 10.3. The molecule has 94 valence electrons. The first kappa shape index (κ1) is 13.4. The molecule has 0 amide bonds. The van der Waals surface area contributed by atoms with Gasteiger partial charge in [-0.3, -0.25) is 4.79 Å². The first-order valence-electron chi connectivity index (χ1n) is 5.63. The summed E-state index contributed by atoms with van der Waals surface area (Å²) >= 11 is 0. The van der Waals surface area contributed by atoms with E-state index >= 15 is 0 Å². The van der Waals surface area contributed by atoms with E-state index in [1.807, 2.05) is 0 Å². The van der Waals surface area contributed by atoms with Crippen LogP contribution < -0.4 is 4.72 Å². The van der Waals surface area contributed by atoms with Crippen LogP contribution in [-0.4, -0.2) is 30.8 Å². The highest BCUT2D eigenvalue weighted by atomic mass is 32.2. The molecule has 1 saturated carbocycles. The zero-order valence-electron chi connectivity index (χ0n) is 9.53. The Kier molecular flexibility index (Phi) is 4.32. The van der Waals surface area contributed by atoms with Gasteiger partial charge < -0.3 is 5.11 Å². The summed E-state index contributed by atoms with van der Waals surface area (Å²) in [5.74, 6) is -0.880. The quantitative estimate of drug-likeness (QED) is 0.738. The molecule has 1 aliphatic carbocycles. The van der Waals surface area contributed by atoms with Gasteiger partial charge in [0.15, 0.2) is 0 Å². The molecule has 6 heteroatoms. The van der Waals surface area contributed by atoms with Gasteiger partial charge in [0.2, 0.25) is 10.0 Å². The van der Waals surface area contributed by atoms with Gasteiger partial charge in [0.25, 0.3) is 0 Å². The minimum Gasteiger partial charge on any atom is -0.481 e. The lowest BCUT2D eigenvalue weighted by atomic mass is 9.95. The molecular weight excluding hydrogens is 230 g/mol. The number of carboxylic acids is 1. The van der Waals surface area contributed by atoms with Crippen LogP contribution in [0.2, 0.25) is 0 Å². The Bertz CT molecular complexity index is 344. The molecule has 1 fully saturated rings. The normalized spacial score (nSPS) is 19.8. The molecule has 2 N–H and O–H groups in total. The van der Waals surface area contributed by atoms with Crippen molar-refractivity contribution >= 4 is 16.0 Å². The second-order valence-electron chi connectivity index (χ2n) is 4.48. The van der Waals surface area contributed by atoms with Crippen molar-refractivity contribution in [3.8, 4) is 0 Å².